The lowest BCUT2D eigenvalue weighted by molar-refractivity contribution is 0.373. The SMILES string of the molecule is COc1ccc(CNCc2csc(C)n2)cc1O. The van der Waals surface area contributed by atoms with Crippen LogP contribution in [0.4, 0.5) is 0 Å². The largest absolute Gasteiger partial charge is 0.504 e. The molecule has 0 saturated heterocycles. The van der Waals surface area contributed by atoms with E-state index in [0.29, 0.717) is 12.3 Å². The summed E-state index contributed by atoms with van der Waals surface area (Å²) in [4.78, 5) is 4.37. The number of nitrogens with one attached hydrogen (secondary N) is 1. The number of hydrogen-bond acceptors (Lipinski definition) is 5. The molecule has 1 aromatic carbocycles. The number of aromatic hydroxyl groups is 1. The Balaban J connectivity index is 1.88. The molecule has 0 saturated carbocycles. The molecule has 18 heavy (non-hydrogen) atoms. The van der Waals surface area contributed by atoms with E-state index in [-0.39, 0.29) is 5.75 Å². The molecule has 1 heterocycles. The second-order valence-corrected chi connectivity index (χ2v) is 5.03. The molecule has 0 radical (unpaired) electrons. The second-order valence-electron chi connectivity index (χ2n) is 3.97. The topological polar surface area (TPSA) is 54.4 Å². The molecule has 0 aliphatic carbocycles. The third kappa shape index (κ3) is 3.21. The van der Waals surface area contributed by atoms with Crippen molar-refractivity contribution in [2.24, 2.45) is 0 Å². The number of ether oxygens (including phenoxy) is 1. The van der Waals surface area contributed by atoms with Crippen LogP contribution in [0.5, 0.6) is 11.5 Å². The van der Waals surface area contributed by atoms with Crippen LogP contribution in [0.15, 0.2) is 23.6 Å². The zero-order valence-corrected chi connectivity index (χ0v) is 11.3. The minimum Gasteiger partial charge on any atom is -0.504 e. The monoisotopic (exact) mass is 264 g/mol. The number of methoxy groups -OCH3 is 1. The van der Waals surface area contributed by atoms with Gasteiger partial charge in [0.05, 0.1) is 17.8 Å². The Morgan fingerprint density at radius 1 is 1.39 bits per heavy atom. The van der Waals surface area contributed by atoms with E-state index in [1.165, 1.54) is 7.11 Å². The van der Waals surface area contributed by atoms with Gasteiger partial charge >= 0.3 is 0 Å². The van der Waals surface area contributed by atoms with Crippen LogP contribution in [0.2, 0.25) is 0 Å². The lowest BCUT2D eigenvalue weighted by atomic mass is 10.2. The molecule has 2 N–H and O–H groups in total. The van der Waals surface area contributed by atoms with E-state index in [0.717, 1.165) is 22.8 Å². The molecule has 96 valence electrons. The summed E-state index contributed by atoms with van der Waals surface area (Å²) in [5.74, 6) is 0.662. The maximum Gasteiger partial charge on any atom is 0.160 e. The Hall–Kier alpha value is -1.59. The fraction of sp³-hybridized carbons (Fsp3) is 0.308. The number of thiazole rings is 1. The molecule has 0 spiro atoms. The van der Waals surface area contributed by atoms with Gasteiger partial charge in [0, 0.05) is 18.5 Å². The Morgan fingerprint density at radius 2 is 2.22 bits per heavy atom. The van der Waals surface area contributed by atoms with Crippen LogP contribution in [0.1, 0.15) is 16.3 Å². The molecule has 0 aliphatic heterocycles. The molecule has 5 heteroatoms. The minimum atomic E-state index is 0.168. The van der Waals surface area contributed by atoms with Gasteiger partial charge in [-0.05, 0) is 24.6 Å². The fourth-order valence-electron chi connectivity index (χ4n) is 1.67. The first kappa shape index (κ1) is 12.9. The Kier molecular flexibility index (Phi) is 4.17. The van der Waals surface area contributed by atoms with Crippen molar-refractivity contribution in [3.63, 3.8) is 0 Å². The molecule has 4 nitrogen and oxygen atoms in total. The highest BCUT2D eigenvalue weighted by molar-refractivity contribution is 7.09. The van der Waals surface area contributed by atoms with Gasteiger partial charge in [0.15, 0.2) is 11.5 Å². The average Bonchev–Trinajstić information content (AvgIpc) is 2.75. The summed E-state index contributed by atoms with van der Waals surface area (Å²) in [7, 11) is 1.54. The molecular formula is C13H16N2O2S. The zero-order chi connectivity index (χ0) is 13.0. The lowest BCUT2D eigenvalue weighted by Crippen LogP contribution is -2.12. The van der Waals surface area contributed by atoms with Crippen molar-refractivity contribution in [2.75, 3.05) is 7.11 Å². The maximum absolute atomic E-state index is 9.65. The number of hydrogen-bond donors (Lipinski definition) is 2. The van der Waals surface area contributed by atoms with Crippen molar-refractivity contribution >= 4 is 11.3 Å². The van der Waals surface area contributed by atoms with Crippen LogP contribution in [-0.4, -0.2) is 17.2 Å². The normalized spacial score (nSPS) is 10.6. The quantitative estimate of drug-likeness (QED) is 0.871. The van der Waals surface area contributed by atoms with E-state index in [4.69, 9.17) is 4.74 Å². The van der Waals surface area contributed by atoms with Crippen molar-refractivity contribution in [1.82, 2.24) is 10.3 Å². The van der Waals surface area contributed by atoms with Gasteiger partial charge in [0.2, 0.25) is 0 Å². The predicted octanol–water partition coefficient (Wildman–Crippen LogP) is 2.46. The third-order valence-electron chi connectivity index (χ3n) is 2.55. The van der Waals surface area contributed by atoms with E-state index in [1.807, 2.05) is 18.4 Å². The van der Waals surface area contributed by atoms with Gasteiger partial charge in [-0.15, -0.1) is 11.3 Å². The van der Waals surface area contributed by atoms with Crippen LogP contribution in [0.3, 0.4) is 0 Å². The third-order valence-corrected chi connectivity index (χ3v) is 3.37. The summed E-state index contributed by atoms with van der Waals surface area (Å²) in [6.07, 6.45) is 0. The number of phenols is 1. The second kappa shape index (κ2) is 5.84. The molecule has 0 fully saturated rings. The highest BCUT2D eigenvalue weighted by atomic mass is 32.1. The van der Waals surface area contributed by atoms with E-state index >= 15 is 0 Å². The first-order chi connectivity index (χ1) is 8.69. The highest BCUT2D eigenvalue weighted by Gasteiger charge is 2.03. The van der Waals surface area contributed by atoms with Gasteiger partial charge < -0.3 is 15.2 Å². The minimum absolute atomic E-state index is 0.168. The summed E-state index contributed by atoms with van der Waals surface area (Å²) in [6.45, 7) is 3.42. The van der Waals surface area contributed by atoms with Crippen molar-refractivity contribution in [3.05, 3.63) is 39.8 Å². The van der Waals surface area contributed by atoms with Gasteiger partial charge in [-0.3, -0.25) is 0 Å². The summed E-state index contributed by atoms with van der Waals surface area (Å²) < 4.78 is 5.00. The molecule has 0 unspecified atom stereocenters. The van der Waals surface area contributed by atoms with E-state index in [1.54, 1.807) is 23.5 Å². The fourth-order valence-corrected chi connectivity index (χ4v) is 2.28. The van der Waals surface area contributed by atoms with Gasteiger partial charge in [-0.2, -0.15) is 0 Å². The number of nitrogens with zero attached hydrogens (tertiary/aromatic N) is 1. The van der Waals surface area contributed by atoms with Crippen molar-refractivity contribution in [3.8, 4) is 11.5 Å². The van der Waals surface area contributed by atoms with Crippen molar-refractivity contribution in [2.45, 2.75) is 20.0 Å². The van der Waals surface area contributed by atoms with Crippen LogP contribution in [0.25, 0.3) is 0 Å². The summed E-state index contributed by atoms with van der Waals surface area (Å²) in [5.41, 5.74) is 2.07. The number of aromatic nitrogens is 1. The smallest absolute Gasteiger partial charge is 0.160 e. The summed E-state index contributed by atoms with van der Waals surface area (Å²) in [5, 5.41) is 16.1. The lowest BCUT2D eigenvalue weighted by Gasteiger charge is -2.07. The summed E-state index contributed by atoms with van der Waals surface area (Å²) in [6, 6.07) is 5.40. The van der Waals surface area contributed by atoms with E-state index in [2.05, 4.69) is 10.3 Å². The first-order valence-electron chi connectivity index (χ1n) is 5.66. The molecular weight excluding hydrogens is 248 g/mol. The van der Waals surface area contributed by atoms with Crippen molar-refractivity contribution in [1.29, 1.82) is 0 Å². The number of rotatable bonds is 5. The van der Waals surface area contributed by atoms with Gasteiger partial charge in [-0.25, -0.2) is 4.98 Å². The molecule has 2 aromatic rings. The molecule has 0 atom stereocenters. The molecule has 1 aromatic heterocycles. The standard InChI is InChI=1S/C13H16N2O2S/c1-9-15-11(8-18-9)7-14-6-10-3-4-13(17-2)12(16)5-10/h3-5,8,14,16H,6-7H2,1-2H3. The van der Waals surface area contributed by atoms with Crippen LogP contribution < -0.4 is 10.1 Å². The Labute approximate surface area is 110 Å². The maximum atomic E-state index is 9.65. The van der Waals surface area contributed by atoms with Crippen molar-refractivity contribution < 1.29 is 9.84 Å². The van der Waals surface area contributed by atoms with Crippen LogP contribution in [-0.2, 0) is 13.1 Å². The number of aryl methyl sites for hydroxylation is 1. The van der Waals surface area contributed by atoms with E-state index in [9.17, 15) is 5.11 Å². The average molecular weight is 264 g/mol. The Morgan fingerprint density at radius 3 is 2.83 bits per heavy atom. The van der Waals surface area contributed by atoms with Crippen LogP contribution >= 0.6 is 11.3 Å². The number of phenolic OH excluding ortho intramolecular Hbond substituents is 1. The Bertz CT molecular complexity index is 525. The number of benzene rings is 1. The summed E-state index contributed by atoms with van der Waals surface area (Å²) >= 11 is 1.65. The van der Waals surface area contributed by atoms with Crippen LogP contribution in [0, 0.1) is 6.92 Å². The molecule has 0 aliphatic rings. The predicted molar refractivity (Wildman–Crippen MR) is 72.1 cm³/mol. The molecule has 0 amide bonds. The van der Waals surface area contributed by atoms with Gasteiger partial charge in [0.25, 0.3) is 0 Å². The highest BCUT2D eigenvalue weighted by Crippen LogP contribution is 2.26. The molecule has 0 bridgehead atoms. The van der Waals surface area contributed by atoms with Gasteiger partial charge in [0.1, 0.15) is 0 Å². The molecule has 2 rings (SSSR count). The zero-order valence-electron chi connectivity index (χ0n) is 10.4. The van der Waals surface area contributed by atoms with E-state index < -0.39 is 0 Å². The van der Waals surface area contributed by atoms with Gasteiger partial charge in [-0.1, -0.05) is 6.07 Å². The first-order valence-corrected chi connectivity index (χ1v) is 6.54.